The van der Waals surface area contributed by atoms with Crippen LogP contribution in [0.5, 0.6) is 0 Å². The summed E-state index contributed by atoms with van der Waals surface area (Å²) < 4.78 is 0. The van der Waals surface area contributed by atoms with Crippen molar-refractivity contribution in [1.29, 1.82) is 5.26 Å². The van der Waals surface area contributed by atoms with Crippen LogP contribution in [0.4, 0.5) is 5.69 Å². The molecule has 0 aliphatic rings. The molecule has 0 amide bonds. The standard InChI is InChI=1S/C14H10Cl2N2S/c15-12-5-9(7-17)1-2-10(12)8-19-11-3-4-14(18)13(16)6-11/h1-6H,8,18H2. The summed E-state index contributed by atoms with van der Waals surface area (Å²) in [4.78, 5) is 1.03. The van der Waals surface area contributed by atoms with Gasteiger partial charge >= 0.3 is 0 Å². The van der Waals surface area contributed by atoms with Crippen LogP contribution in [0.1, 0.15) is 11.1 Å². The number of nitriles is 1. The SMILES string of the molecule is N#Cc1ccc(CSc2ccc(N)c(Cl)c2)c(Cl)c1. The van der Waals surface area contributed by atoms with Gasteiger partial charge in [0.25, 0.3) is 0 Å². The number of nitrogens with two attached hydrogens (primary N) is 1. The van der Waals surface area contributed by atoms with Gasteiger partial charge in [0.15, 0.2) is 0 Å². The summed E-state index contributed by atoms with van der Waals surface area (Å²) in [6, 6.07) is 12.9. The number of rotatable bonds is 3. The Bertz CT molecular complexity index is 650. The number of anilines is 1. The van der Waals surface area contributed by atoms with Crippen molar-refractivity contribution in [3.8, 4) is 6.07 Å². The summed E-state index contributed by atoms with van der Waals surface area (Å²) in [7, 11) is 0. The normalized spacial score (nSPS) is 10.2. The van der Waals surface area contributed by atoms with Crippen molar-refractivity contribution in [1.82, 2.24) is 0 Å². The second-order valence-electron chi connectivity index (χ2n) is 3.89. The molecule has 0 atom stereocenters. The van der Waals surface area contributed by atoms with Crippen molar-refractivity contribution in [2.24, 2.45) is 0 Å². The summed E-state index contributed by atoms with van der Waals surface area (Å²) in [6.45, 7) is 0. The quantitative estimate of drug-likeness (QED) is 0.658. The molecular weight excluding hydrogens is 299 g/mol. The van der Waals surface area contributed by atoms with E-state index in [1.807, 2.05) is 18.2 Å². The maximum Gasteiger partial charge on any atom is 0.0992 e. The number of halogens is 2. The molecule has 0 aliphatic carbocycles. The summed E-state index contributed by atoms with van der Waals surface area (Å²) in [5, 5.41) is 9.93. The van der Waals surface area contributed by atoms with Crippen molar-refractivity contribution in [2.75, 3.05) is 5.73 Å². The minimum atomic E-state index is 0.552. The van der Waals surface area contributed by atoms with Crippen molar-refractivity contribution >= 4 is 40.7 Å². The molecule has 2 nitrogen and oxygen atoms in total. The number of benzene rings is 2. The molecule has 2 aromatic carbocycles. The highest BCUT2D eigenvalue weighted by molar-refractivity contribution is 7.98. The van der Waals surface area contributed by atoms with Gasteiger partial charge in [-0.05, 0) is 35.9 Å². The topological polar surface area (TPSA) is 49.8 Å². The van der Waals surface area contributed by atoms with Crippen molar-refractivity contribution in [3.63, 3.8) is 0 Å². The third kappa shape index (κ3) is 3.57. The predicted octanol–water partition coefficient (Wildman–Crippen LogP) is 4.74. The van der Waals surface area contributed by atoms with E-state index >= 15 is 0 Å². The Morgan fingerprint density at radius 3 is 2.53 bits per heavy atom. The van der Waals surface area contributed by atoms with Gasteiger partial charge in [-0.25, -0.2) is 0 Å². The monoisotopic (exact) mass is 308 g/mol. The first-order valence-corrected chi connectivity index (χ1v) is 7.20. The van der Waals surface area contributed by atoms with Crippen LogP contribution < -0.4 is 5.73 Å². The Balaban J connectivity index is 2.10. The van der Waals surface area contributed by atoms with Gasteiger partial charge in [-0.15, -0.1) is 11.8 Å². The number of hydrogen-bond donors (Lipinski definition) is 1. The first kappa shape index (κ1) is 14.1. The molecule has 0 fully saturated rings. The molecule has 0 aliphatic heterocycles. The molecule has 5 heteroatoms. The van der Waals surface area contributed by atoms with E-state index in [4.69, 9.17) is 34.2 Å². The third-order valence-electron chi connectivity index (χ3n) is 2.55. The average molecular weight is 309 g/mol. The second kappa shape index (κ2) is 6.21. The van der Waals surface area contributed by atoms with Crippen LogP contribution in [0.25, 0.3) is 0 Å². The molecule has 0 saturated carbocycles. The van der Waals surface area contributed by atoms with Gasteiger partial charge in [0.1, 0.15) is 0 Å². The van der Waals surface area contributed by atoms with Gasteiger partial charge in [0.2, 0.25) is 0 Å². The lowest BCUT2D eigenvalue weighted by Gasteiger charge is -2.06. The zero-order valence-electron chi connectivity index (χ0n) is 9.86. The van der Waals surface area contributed by atoms with Crippen LogP contribution in [-0.2, 0) is 5.75 Å². The van der Waals surface area contributed by atoms with Gasteiger partial charge in [0.05, 0.1) is 22.3 Å². The fourth-order valence-corrected chi connectivity index (χ4v) is 3.00. The van der Waals surface area contributed by atoms with Gasteiger partial charge in [-0.3, -0.25) is 0 Å². The Morgan fingerprint density at radius 1 is 1.11 bits per heavy atom. The Morgan fingerprint density at radius 2 is 1.89 bits per heavy atom. The van der Waals surface area contributed by atoms with Crippen LogP contribution in [0, 0.1) is 11.3 Å². The van der Waals surface area contributed by atoms with E-state index in [0.29, 0.717) is 27.0 Å². The Labute approximate surface area is 126 Å². The second-order valence-corrected chi connectivity index (χ2v) is 5.75. The fraction of sp³-hybridized carbons (Fsp3) is 0.0714. The summed E-state index contributed by atoms with van der Waals surface area (Å²) in [5.41, 5.74) is 7.78. The molecule has 0 heterocycles. The molecule has 0 spiro atoms. The summed E-state index contributed by atoms with van der Waals surface area (Å²) in [6.07, 6.45) is 0. The molecule has 2 aromatic rings. The van der Waals surface area contributed by atoms with E-state index in [0.717, 1.165) is 10.5 Å². The molecule has 19 heavy (non-hydrogen) atoms. The number of thioether (sulfide) groups is 1. The molecule has 2 rings (SSSR count). The van der Waals surface area contributed by atoms with E-state index in [2.05, 4.69) is 6.07 Å². The fourth-order valence-electron chi connectivity index (χ4n) is 1.49. The van der Waals surface area contributed by atoms with E-state index < -0.39 is 0 Å². The van der Waals surface area contributed by atoms with Crippen LogP contribution in [0.2, 0.25) is 10.0 Å². The third-order valence-corrected chi connectivity index (χ3v) is 4.27. The molecule has 0 bridgehead atoms. The minimum absolute atomic E-state index is 0.552. The van der Waals surface area contributed by atoms with Crippen LogP contribution >= 0.6 is 35.0 Å². The van der Waals surface area contributed by atoms with E-state index in [9.17, 15) is 0 Å². The van der Waals surface area contributed by atoms with Crippen LogP contribution in [-0.4, -0.2) is 0 Å². The van der Waals surface area contributed by atoms with Gasteiger partial charge in [-0.1, -0.05) is 29.3 Å². The molecule has 96 valence electrons. The first-order chi connectivity index (χ1) is 9.10. The summed E-state index contributed by atoms with van der Waals surface area (Å²) >= 11 is 13.7. The molecule has 0 radical (unpaired) electrons. The maximum absolute atomic E-state index is 8.78. The lowest BCUT2D eigenvalue weighted by molar-refractivity contribution is 1.37. The summed E-state index contributed by atoms with van der Waals surface area (Å²) in [5.74, 6) is 0.713. The Kier molecular flexibility index (Phi) is 4.60. The number of hydrogen-bond acceptors (Lipinski definition) is 3. The minimum Gasteiger partial charge on any atom is -0.398 e. The molecule has 0 unspecified atom stereocenters. The zero-order valence-corrected chi connectivity index (χ0v) is 12.2. The smallest absolute Gasteiger partial charge is 0.0992 e. The molecule has 0 saturated heterocycles. The van der Waals surface area contributed by atoms with E-state index in [1.54, 1.807) is 30.0 Å². The van der Waals surface area contributed by atoms with Crippen molar-refractivity contribution in [3.05, 3.63) is 57.6 Å². The number of nitrogens with zero attached hydrogens (tertiary/aromatic N) is 1. The highest BCUT2D eigenvalue weighted by Crippen LogP contribution is 2.30. The highest BCUT2D eigenvalue weighted by Gasteiger charge is 2.04. The Hall–Kier alpha value is -1.34. The van der Waals surface area contributed by atoms with Crippen LogP contribution in [0.3, 0.4) is 0 Å². The van der Waals surface area contributed by atoms with Gasteiger partial charge in [-0.2, -0.15) is 5.26 Å². The molecule has 0 aromatic heterocycles. The molecular formula is C14H10Cl2N2S. The zero-order chi connectivity index (χ0) is 13.8. The number of nitrogen functional groups attached to an aromatic ring is 1. The van der Waals surface area contributed by atoms with Crippen molar-refractivity contribution in [2.45, 2.75) is 10.6 Å². The lowest BCUT2D eigenvalue weighted by Crippen LogP contribution is -1.87. The largest absolute Gasteiger partial charge is 0.398 e. The van der Waals surface area contributed by atoms with Gasteiger partial charge in [0, 0.05) is 15.7 Å². The predicted molar refractivity (Wildman–Crippen MR) is 81.6 cm³/mol. The highest BCUT2D eigenvalue weighted by atomic mass is 35.5. The first-order valence-electron chi connectivity index (χ1n) is 5.46. The van der Waals surface area contributed by atoms with E-state index in [-0.39, 0.29) is 0 Å². The maximum atomic E-state index is 8.78. The van der Waals surface area contributed by atoms with Gasteiger partial charge < -0.3 is 5.73 Å². The lowest BCUT2D eigenvalue weighted by atomic mass is 10.2. The van der Waals surface area contributed by atoms with Crippen molar-refractivity contribution < 1.29 is 0 Å². The molecule has 2 N–H and O–H groups in total. The van der Waals surface area contributed by atoms with E-state index in [1.165, 1.54) is 0 Å². The average Bonchev–Trinajstić information content (AvgIpc) is 2.41. The van der Waals surface area contributed by atoms with Crippen LogP contribution in [0.15, 0.2) is 41.3 Å².